The molecule has 0 heterocycles. The second-order valence-corrected chi connectivity index (χ2v) is 9.93. The lowest BCUT2D eigenvalue weighted by Gasteiger charge is -2.18. The molecule has 0 saturated carbocycles. The average Bonchev–Trinajstić information content (AvgIpc) is 3.10. The van der Waals surface area contributed by atoms with Gasteiger partial charge in [0, 0.05) is 18.6 Å². The van der Waals surface area contributed by atoms with Crippen LogP contribution in [0.1, 0.15) is 22.6 Å². The van der Waals surface area contributed by atoms with E-state index in [9.17, 15) is 23.1 Å². The summed E-state index contributed by atoms with van der Waals surface area (Å²) in [6.45, 7) is 0.0477. The third kappa shape index (κ3) is 4.75. The molecule has 0 radical (unpaired) electrons. The molecule has 3 aromatic rings. The summed E-state index contributed by atoms with van der Waals surface area (Å²) < 4.78 is 29.5. The van der Waals surface area contributed by atoms with Gasteiger partial charge in [-0.1, -0.05) is 66.7 Å². The van der Waals surface area contributed by atoms with E-state index in [4.69, 9.17) is 4.74 Å². The maximum Gasteiger partial charge on any atom is 0.407 e. The SMILES string of the molecule is CS(=O)(=O)c1ccccc1C[C@H](NC(=O)OCC1c2ccccc2-c2ccccc21)C(=O)O. The van der Waals surface area contributed by atoms with Crippen molar-refractivity contribution >= 4 is 21.9 Å². The molecular formula is C25H23NO6S. The number of alkyl carbamates (subject to hydrolysis) is 1. The molecule has 170 valence electrons. The maximum atomic E-state index is 12.5. The summed E-state index contributed by atoms with van der Waals surface area (Å²) in [6, 6.07) is 20.6. The molecule has 33 heavy (non-hydrogen) atoms. The van der Waals surface area contributed by atoms with Crippen molar-refractivity contribution in [1.29, 1.82) is 0 Å². The third-order valence-corrected chi connectivity index (χ3v) is 6.93. The Bertz CT molecular complexity index is 1270. The van der Waals surface area contributed by atoms with Crippen LogP contribution >= 0.6 is 0 Å². The van der Waals surface area contributed by atoms with E-state index in [-0.39, 0.29) is 23.8 Å². The van der Waals surface area contributed by atoms with E-state index in [1.54, 1.807) is 12.1 Å². The van der Waals surface area contributed by atoms with Gasteiger partial charge in [0.2, 0.25) is 0 Å². The number of aliphatic carboxylic acids is 1. The van der Waals surface area contributed by atoms with E-state index < -0.39 is 27.9 Å². The molecule has 1 atom stereocenters. The molecule has 0 aromatic heterocycles. The smallest absolute Gasteiger partial charge is 0.407 e. The van der Waals surface area contributed by atoms with E-state index in [0.717, 1.165) is 28.5 Å². The minimum Gasteiger partial charge on any atom is -0.480 e. The summed E-state index contributed by atoms with van der Waals surface area (Å²) in [6.07, 6.45) is -0.00955. The number of carboxylic acids is 1. The number of hydrogen-bond donors (Lipinski definition) is 2. The first-order chi connectivity index (χ1) is 15.8. The van der Waals surface area contributed by atoms with Crippen LogP contribution in [0.4, 0.5) is 4.79 Å². The number of sulfone groups is 1. The lowest BCUT2D eigenvalue weighted by molar-refractivity contribution is -0.139. The second-order valence-electron chi connectivity index (χ2n) is 7.94. The Morgan fingerprint density at radius 1 is 0.939 bits per heavy atom. The van der Waals surface area contributed by atoms with E-state index in [1.807, 2.05) is 48.5 Å². The van der Waals surface area contributed by atoms with Gasteiger partial charge in [-0.2, -0.15) is 0 Å². The molecule has 4 rings (SSSR count). The molecule has 0 saturated heterocycles. The van der Waals surface area contributed by atoms with E-state index >= 15 is 0 Å². The molecule has 7 nitrogen and oxygen atoms in total. The van der Waals surface area contributed by atoms with Crippen molar-refractivity contribution < 1.29 is 27.9 Å². The predicted octanol–water partition coefficient (Wildman–Crippen LogP) is 3.62. The molecule has 0 aliphatic heterocycles. The lowest BCUT2D eigenvalue weighted by atomic mass is 9.98. The molecule has 1 amide bonds. The highest BCUT2D eigenvalue weighted by atomic mass is 32.2. The van der Waals surface area contributed by atoms with Gasteiger partial charge >= 0.3 is 12.1 Å². The van der Waals surface area contributed by atoms with Crippen molar-refractivity contribution in [3.05, 3.63) is 89.5 Å². The summed E-state index contributed by atoms with van der Waals surface area (Å²) in [5, 5.41) is 12.0. The number of carbonyl (C=O) groups is 2. The third-order valence-electron chi connectivity index (χ3n) is 5.73. The fourth-order valence-electron chi connectivity index (χ4n) is 4.24. The zero-order valence-corrected chi connectivity index (χ0v) is 18.7. The average molecular weight is 466 g/mol. The van der Waals surface area contributed by atoms with Gasteiger partial charge in [0.1, 0.15) is 12.6 Å². The van der Waals surface area contributed by atoms with Gasteiger partial charge in [-0.05, 0) is 33.9 Å². The van der Waals surface area contributed by atoms with Crippen LogP contribution in [0.25, 0.3) is 11.1 Å². The highest BCUT2D eigenvalue weighted by Crippen LogP contribution is 2.44. The van der Waals surface area contributed by atoms with Crippen molar-refractivity contribution in [2.75, 3.05) is 12.9 Å². The number of amides is 1. The van der Waals surface area contributed by atoms with E-state index in [2.05, 4.69) is 5.32 Å². The Balaban J connectivity index is 1.47. The van der Waals surface area contributed by atoms with Gasteiger partial charge in [0.05, 0.1) is 4.90 Å². The molecule has 0 unspecified atom stereocenters. The summed E-state index contributed by atoms with van der Waals surface area (Å²) in [7, 11) is -3.55. The number of fused-ring (bicyclic) bond motifs is 3. The van der Waals surface area contributed by atoms with Gasteiger partial charge in [-0.15, -0.1) is 0 Å². The summed E-state index contributed by atoms with van der Waals surface area (Å²) in [5.74, 6) is -1.44. The number of carboxylic acid groups (broad SMARTS) is 1. The van der Waals surface area contributed by atoms with Crippen LogP contribution in [0.5, 0.6) is 0 Å². The van der Waals surface area contributed by atoms with Crippen molar-refractivity contribution in [1.82, 2.24) is 5.32 Å². The molecule has 1 aliphatic rings. The highest BCUT2D eigenvalue weighted by Gasteiger charge is 2.30. The van der Waals surface area contributed by atoms with Crippen LogP contribution in [0.3, 0.4) is 0 Å². The fraction of sp³-hybridized carbons (Fsp3) is 0.200. The van der Waals surface area contributed by atoms with Gasteiger partial charge < -0.3 is 15.2 Å². The van der Waals surface area contributed by atoms with Crippen LogP contribution in [0.2, 0.25) is 0 Å². The van der Waals surface area contributed by atoms with Gasteiger partial charge in [-0.3, -0.25) is 0 Å². The Kier molecular flexibility index (Phi) is 6.20. The highest BCUT2D eigenvalue weighted by molar-refractivity contribution is 7.90. The Morgan fingerprint density at radius 2 is 1.48 bits per heavy atom. The molecule has 3 aromatic carbocycles. The first-order valence-corrected chi connectivity index (χ1v) is 12.3. The van der Waals surface area contributed by atoms with Gasteiger partial charge in [-0.25, -0.2) is 18.0 Å². The lowest BCUT2D eigenvalue weighted by Crippen LogP contribution is -2.43. The van der Waals surface area contributed by atoms with Crippen molar-refractivity contribution in [2.24, 2.45) is 0 Å². The number of ether oxygens (including phenoxy) is 1. The quantitative estimate of drug-likeness (QED) is 0.552. The van der Waals surface area contributed by atoms with Crippen LogP contribution in [0, 0.1) is 0 Å². The second kappa shape index (κ2) is 9.07. The number of benzene rings is 3. The Morgan fingerprint density at radius 3 is 2.06 bits per heavy atom. The normalized spacial score (nSPS) is 13.6. The monoisotopic (exact) mass is 465 g/mol. The number of hydrogen-bond acceptors (Lipinski definition) is 5. The van der Waals surface area contributed by atoms with E-state index in [0.29, 0.717) is 5.56 Å². The molecule has 0 bridgehead atoms. The topological polar surface area (TPSA) is 110 Å². The van der Waals surface area contributed by atoms with Gasteiger partial charge in [0.15, 0.2) is 9.84 Å². The first-order valence-electron chi connectivity index (χ1n) is 10.4. The van der Waals surface area contributed by atoms with Crippen molar-refractivity contribution in [2.45, 2.75) is 23.3 Å². The molecule has 8 heteroatoms. The van der Waals surface area contributed by atoms with Crippen LogP contribution in [0.15, 0.2) is 77.7 Å². The van der Waals surface area contributed by atoms with E-state index in [1.165, 1.54) is 12.1 Å². The standard InChI is InChI=1S/C25H23NO6S/c1-33(30,31)23-13-7-2-8-16(23)14-22(24(27)28)26-25(29)32-15-21-19-11-5-3-9-17(19)18-10-4-6-12-20(18)21/h2-13,21-22H,14-15H2,1H3,(H,26,29)(H,27,28)/t22-/m0/s1. The summed E-state index contributed by atoms with van der Waals surface area (Å²) >= 11 is 0. The predicted molar refractivity (Wildman–Crippen MR) is 123 cm³/mol. The summed E-state index contributed by atoms with van der Waals surface area (Å²) in [4.78, 5) is 24.3. The fourth-order valence-corrected chi connectivity index (χ4v) is 5.19. The molecule has 0 spiro atoms. The van der Waals surface area contributed by atoms with Crippen molar-refractivity contribution in [3.63, 3.8) is 0 Å². The Hall–Kier alpha value is -3.65. The van der Waals surface area contributed by atoms with Crippen LogP contribution in [-0.4, -0.2) is 44.5 Å². The Labute approximate surface area is 192 Å². The van der Waals surface area contributed by atoms with Crippen LogP contribution in [-0.2, 0) is 25.8 Å². The molecule has 0 fully saturated rings. The number of carbonyl (C=O) groups excluding carboxylic acids is 1. The first kappa shape index (κ1) is 22.5. The zero-order valence-electron chi connectivity index (χ0n) is 17.9. The number of nitrogens with one attached hydrogen (secondary N) is 1. The van der Waals surface area contributed by atoms with Crippen LogP contribution < -0.4 is 5.32 Å². The zero-order chi connectivity index (χ0) is 23.6. The minimum absolute atomic E-state index is 0.0330. The molecular weight excluding hydrogens is 442 g/mol. The van der Waals surface area contributed by atoms with Crippen molar-refractivity contribution in [3.8, 4) is 11.1 Å². The number of rotatable bonds is 7. The van der Waals surface area contributed by atoms with Gasteiger partial charge in [0.25, 0.3) is 0 Å². The molecule has 2 N–H and O–H groups in total. The molecule has 1 aliphatic carbocycles. The maximum absolute atomic E-state index is 12.5. The minimum atomic E-state index is -3.55. The largest absolute Gasteiger partial charge is 0.480 e. The summed E-state index contributed by atoms with van der Waals surface area (Å²) in [5.41, 5.74) is 4.57.